The number of hydrogen-bond acceptors (Lipinski definition) is 4. The van der Waals surface area contributed by atoms with Crippen molar-refractivity contribution in [2.45, 2.75) is 25.8 Å². The average molecular weight is 327 g/mol. The third-order valence-electron chi connectivity index (χ3n) is 4.58. The molecular weight excluding hydrogens is 306 g/mol. The molecule has 2 N–H and O–H groups in total. The summed E-state index contributed by atoms with van der Waals surface area (Å²) in [5.41, 5.74) is 1.77. The van der Waals surface area contributed by atoms with Gasteiger partial charge in [0.2, 0.25) is 0 Å². The van der Waals surface area contributed by atoms with Crippen molar-refractivity contribution < 1.29 is 5.11 Å². The molecule has 0 spiro atoms. The highest BCUT2D eigenvalue weighted by atomic mass is 32.1. The largest absolute Gasteiger partial charge is 0.506 e. The van der Waals surface area contributed by atoms with Gasteiger partial charge in [0.1, 0.15) is 17.1 Å². The van der Waals surface area contributed by atoms with Crippen molar-refractivity contribution in [3.8, 4) is 5.75 Å². The molecule has 4 rings (SSSR count). The van der Waals surface area contributed by atoms with Crippen molar-refractivity contribution in [1.82, 2.24) is 14.9 Å². The molecule has 0 aliphatic carbocycles. The molecule has 1 saturated heterocycles. The van der Waals surface area contributed by atoms with Crippen molar-refractivity contribution in [2.75, 3.05) is 13.1 Å². The summed E-state index contributed by atoms with van der Waals surface area (Å²) in [7, 11) is 0. The highest BCUT2D eigenvalue weighted by Gasteiger charge is 2.19. The number of thiophene rings is 1. The standard InChI is InChI=1S/C18H21N3OS/c22-16-7-1-6-15-18(16)21(12-13-4-2-8-19-11-13)17(20-15)10-14-5-3-9-23-14/h1,3,5-7,9,13,19,22H,2,4,8,10-12H2/t13-/m0/s1. The van der Waals surface area contributed by atoms with Crippen LogP contribution in [-0.4, -0.2) is 27.7 Å². The molecule has 0 bridgehead atoms. The van der Waals surface area contributed by atoms with E-state index in [2.05, 4.69) is 27.4 Å². The van der Waals surface area contributed by atoms with Crippen LogP contribution >= 0.6 is 11.3 Å². The van der Waals surface area contributed by atoms with E-state index in [4.69, 9.17) is 4.98 Å². The van der Waals surface area contributed by atoms with Crippen LogP contribution in [0.25, 0.3) is 11.0 Å². The molecule has 0 unspecified atom stereocenters. The minimum absolute atomic E-state index is 0.330. The maximum absolute atomic E-state index is 10.3. The summed E-state index contributed by atoms with van der Waals surface area (Å²) in [5, 5.41) is 15.9. The van der Waals surface area contributed by atoms with Gasteiger partial charge < -0.3 is 15.0 Å². The number of imidazole rings is 1. The predicted octanol–water partition coefficient (Wildman–Crippen LogP) is 3.39. The summed E-state index contributed by atoms with van der Waals surface area (Å²) in [4.78, 5) is 6.11. The molecule has 1 fully saturated rings. The topological polar surface area (TPSA) is 50.1 Å². The summed E-state index contributed by atoms with van der Waals surface area (Å²) in [6, 6.07) is 9.84. The van der Waals surface area contributed by atoms with Crippen LogP contribution in [0.2, 0.25) is 0 Å². The SMILES string of the molecule is Oc1cccc2nc(Cc3cccs3)n(C[C@H]3CCCNC3)c12. The Balaban J connectivity index is 1.74. The zero-order valence-electron chi connectivity index (χ0n) is 13.0. The van der Waals surface area contributed by atoms with Crippen molar-refractivity contribution in [1.29, 1.82) is 0 Å². The molecule has 1 aliphatic rings. The maximum atomic E-state index is 10.3. The number of hydrogen-bond donors (Lipinski definition) is 2. The summed E-state index contributed by atoms with van der Waals surface area (Å²) >= 11 is 1.76. The lowest BCUT2D eigenvalue weighted by Crippen LogP contribution is -2.32. The second-order valence-corrected chi connectivity index (χ2v) is 7.28. The van der Waals surface area contributed by atoms with Crippen LogP contribution in [0.15, 0.2) is 35.7 Å². The summed E-state index contributed by atoms with van der Waals surface area (Å²) in [6.07, 6.45) is 3.29. The molecule has 2 aromatic heterocycles. The first-order valence-corrected chi connectivity index (χ1v) is 9.09. The van der Waals surface area contributed by atoms with Gasteiger partial charge >= 0.3 is 0 Å². The number of aromatic hydroxyl groups is 1. The third-order valence-corrected chi connectivity index (χ3v) is 5.45. The van der Waals surface area contributed by atoms with Gasteiger partial charge in [-0.05, 0) is 55.4 Å². The van der Waals surface area contributed by atoms with Gasteiger partial charge in [-0.1, -0.05) is 12.1 Å². The molecule has 23 heavy (non-hydrogen) atoms. The summed E-state index contributed by atoms with van der Waals surface area (Å²) in [5.74, 6) is 1.98. The predicted molar refractivity (Wildman–Crippen MR) is 94.1 cm³/mol. The minimum Gasteiger partial charge on any atom is -0.506 e. The van der Waals surface area contributed by atoms with Crippen molar-refractivity contribution >= 4 is 22.4 Å². The number of rotatable bonds is 4. The van der Waals surface area contributed by atoms with E-state index in [1.807, 2.05) is 12.1 Å². The molecular formula is C18H21N3OS. The van der Waals surface area contributed by atoms with Crippen LogP contribution in [0.4, 0.5) is 0 Å². The lowest BCUT2D eigenvalue weighted by molar-refractivity contribution is 0.336. The Morgan fingerprint density at radius 2 is 2.26 bits per heavy atom. The summed E-state index contributed by atoms with van der Waals surface area (Å²) < 4.78 is 2.24. The van der Waals surface area contributed by atoms with Gasteiger partial charge in [-0.2, -0.15) is 0 Å². The third kappa shape index (κ3) is 2.99. The molecule has 120 valence electrons. The van der Waals surface area contributed by atoms with Gasteiger partial charge in [-0.25, -0.2) is 4.98 Å². The fourth-order valence-corrected chi connectivity index (χ4v) is 4.15. The van der Waals surface area contributed by atoms with Gasteiger partial charge in [0.05, 0.1) is 5.52 Å². The molecule has 1 aliphatic heterocycles. The second-order valence-electron chi connectivity index (χ2n) is 6.25. The van der Waals surface area contributed by atoms with Crippen LogP contribution in [-0.2, 0) is 13.0 Å². The lowest BCUT2D eigenvalue weighted by Gasteiger charge is -2.24. The number of phenols is 1. The number of fused-ring (bicyclic) bond motifs is 1. The number of benzene rings is 1. The Bertz CT molecular complexity index is 788. The number of nitrogens with zero attached hydrogens (tertiary/aromatic N) is 2. The first-order chi connectivity index (χ1) is 11.3. The van der Waals surface area contributed by atoms with Gasteiger partial charge in [0, 0.05) is 17.8 Å². The Labute approximate surface area is 139 Å². The molecule has 0 amide bonds. The van der Waals surface area contributed by atoms with E-state index in [1.165, 1.54) is 17.7 Å². The summed E-state index contributed by atoms with van der Waals surface area (Å²) in [6.45, 7) is 3.09. The number of phenolic OH excluding ortho intramolecular Hbond substituents is 1. The monoisotopic (exact) mass is 327 g/mol. The highest BCUT2D eigenvalue weighted by molar-refractivity contribution is 7.09. The minimum atomic E-state index is 0.330. The Hall–Kier alpha value is -1.85. The lowest BCUT2D eigenvalue weighted by atomic mass is 9.99. The van der Waals surface area contributed by atoms with E-state index in [1.54, 1.807) is 17.4 Å². The van der Waals surface area contributed by atoms with Gasteiger partial charge in [-0.15, -0.1) is 11.3 Å². The smallest absolute Gasteiger partial charge is 0.141 e. The maximum Gasteiger partial charge on any atom is 0.141 e. The second kappa shape index (κ2) is 6.34. The van der Waals surface area contributed by atoms with Crippen LogP contribution in [0.1, 0.15) is 23.5 Å². The zero-order valence-corrected chi connectivity index (χ0v) is 13.9. The molecule has 1 aromatic carbocycles. The van der Waals surface area contributed by atoms with E-state index < -0.39 is 0 Å². The highest BCUT2D eigenvalue weighted by Crippen LogP contribution is 2.29. The zero-order chi connectivity index (χ0) is 15.6. The Kier molecular flexibility index (Phi) is 4.06. The molecule has 5 heteroatoms. The number of aromatic nitrogens is 2. The first kappa shape index (κ1) is 14.7. The Morgan fingerprint density at radius 1 is 1.30 bits per heavy atom. The molecule has 0 radical (unpaired) electrons. The van der Waals surface area contributed by atoms with E-state index in [0.29, 0.717) is 11.7 Å². The molecule has 3 heterocycles. The number of para-hydroxylation sites is 1. The molecule has 3 aromatic rings. The molecule has 4 nitrogen and oxygen atoms in total. The normalized spacial score (nSPS) is 18.5. The van der Waals surface area contributed by atoms with Crippen LogP contribution in [0, 0.1) is 5.92 Å². The van der Waals surface area contributed by atoms with E-state index in [9.17, 15) is 5.11 Å². The van der Waals surface area contributed by atoms with E-state index in [-0.39, 0.29) is 0 Å². The Morgan fingerprint density at radius 3 is 3.04 bits per heavy atom. The average Bonchev–Trinajstić information content (AvgIpc) is 3.18. The molecule has 1 atom stereocenters. The van der Waals surface area contributed by atoms with Gasteiger partial charge in [-0.3, -0.25) is 0 Å². The van der Waals surface area contributed by atoms with Crippen LogP contribution < -0.4 is 5.32 Å². The fourth-order valence-electron chi connectivity index (χ4n) is 3.45. The van der Waals surface area contributed by atoms with E-state index >= 15 is 0 Å². The first-order valence-electron chi connectivity index (χ1n) is 8.21. The number of nitrogens with one attached hydrogen (secondary N) is 1. The van der Waals surface area contributed by atoms with Crippen LogP contribution in [0.3, 0.4) is 0 Å². The molecule has 0 saturated carbocycles. The van der Waals surface area contributed by atoms with E-state index in [0.717, 1.165) is 42.9 Å². The van der Waals surface area contributed by atoms with Crippen molar-refractivity contribution in [3.63, 3.8) is 0 Å². The quantitative estimate of drug-likeness (QED) is 0.772. The van der Waals surface area contributed by atoms with Crippen molar-refractivity contribution in [3.05, 3.63) is 46.4 Å². The fraction of sp³-hybridized carbons (Fsp3) is 0.389. The number of piperidine rings is 1. The van der Waals surface area contributed by atoms with Gasteiger partial charge in [0.15, 0.2) is 0 Å². The van der Waals surface area contributed by atoms with Crippen molar-refractivity contribution in [2.24, 2.45) is 5.92 Å². The van der Waals surface area contributed by atoms with Gasteiger partial charge in [0.25, 0.3) is 0 Å². The van der Waals surface area contributed by atoms with Crippen LogP contribution in [0.5, 0.6) is 5.75 Å².